The largest absolute Gasteiger partial charge is 0.493 e. The van der Waals surface area contributed by atoms with Crippen LogP contribution >= 0.6 is 27.5 Å². The summed E-state index contributed by atoms with van der Waals surface area (Å²) < 4.78 is 12.7. The number of benzene rings is 2. The molecule has 2 aromatic carbocycles. The van der Waals surface area contributed by atoms with Crippen molar-refractivity contribution in [1.29, 1.82) is 0 Å². The third-order valence-corrected chi connectivity index (χ3v) is 9.19. The van der Waals surface area contributed by atoms with E-state index in [1.54, 1.807) is 7.11 Å². The third kappa shape index (κ3) is 5.87. The van der Waals surface area contributed by atoms with Gasteiger partial charge in [-0.15, -0.1) is 0 Å². The second-order valence-corrected chi connectivity index (χ2v) is 14.4. The molecule has 0 radical (unpaired) electrons. The molecule has 0 amide bonds. The molecule has 0 spiro atoms. The van der Waals surface area contributed by atoms with E-state index in [4.69, 9.17) is 21.1 Å². The van der Waals surface area contributed by atoms with Crippen molar-refractivity contribution in [2.45, 2.75) is 79.2 Å². The van der Waals surface area contributed by atoms with Crippen LogP contribution in [0.4, 0.5) is 0 Å². The number of rotatable bonds is 7. The van der Waals surface area contributed by atoms with Gasteiger partial charge in [0, 0.05) is 52.9 Å². The molecule has 2 aliphatic carbocycles. The highest BCUT2D eigenvalue weighted by Gasteiger charge is 2.49. The lowest BCUT2D eigenvalue weighted by molar-refractivity contribution is -0.119. The van der Waals surface area contributed by atoms with Crippen LogP contribution in [0.15, 0.2) is 63.4 Å². The Balaban J connectivity index is 1.65. The van der Waals surface area contributed by atoms with Crippen LogP contribution in [0.2, 0.25) is 5.02 Å². The van der Waals surface area contributed by atoms with Gasteiger partial charge in [0.15, 0.2) is 23.1 Å². The smallest absolute Gasteiger partial charge is 0.175 e. The van der Waals surface area contributed by atoms with Gasteiger partial charge >= 0.3 is 0 Å². The number of methoxy groups -OCH3 is 1. The van der Waals surface area contributed by atoms with Gasteiger partial charge in [0.05, 0.1) is 11.6 Å². The Morgan fingerprint density at radius 1 is 0.927 bits per heavy atom. The predicted octanol–water partition coefficient (Wildman–Crippen LogP) is 8.79. The molecule has 0 fully saturated rings. The van der Waals surface area contributed by atoms with Crippen LogP contribution < -0.4 is 9.47 Å². The standard InChI is InChI=1S/C34H39BrClNO4/c1-7-12-37-24-15-33(2,3)17-26(38)30(24)29(31-25(37)16-34(4,5)18-27(31)39)21-13-23(35)32(28(14-21)40-6)41-19-20-8-10-22(36)11-9-20/h8-11,13-14,29H,7,12,15-19H2,1-6H3. The van der Waals surface area contributed by atoms with Crippen molar-refractivity contribution in [3.63, 3.8) is 0 Å². The molecule has 218 valence electrons. The molecule has 0 bridgehead atoms. The monoisotopic (exact) mass is 639 g/mol. The highest BCUT2D eigenvalue weighted by molar-refractivity contribution is 9.10. The molecule has 0 saturated carbocycles. The molecular formula is C34H39BrClNO4. The lowest BCUT2D eigenvalue weighted by Gasteiger charge is -2.49. The molecule has 5 rings (SSSR count). The molecule has 0 unspecified atom stereocenters. The molecule has 1 heterocycles. The van der Waals surface area contributed by atoms with Crippen LogP contribution in [0.25, 0.3) is 0 Å². The second kappa shape index (κ2) is 11.3. The fourth-order valence-corrected chi connectivity index (χ4v) is 7.36. The molecule has 3 aliphatic rings. The average molecular weight is 641 g/mol. The van der Waals surface area contributed by atoms with Crippen molar-refractivity contribution in [3.05, 3.63) is 79.6 Å². The summed E-state index contributed by atoms with van der Waals surface area (Å²) in [4.78, 5) is 30.3. The summed E-state index contributed by atoms with van der Waals surface area (Å²) in [5.74, 6) is 0.950. The van der Waals surface area contributed by atoms with E-state index in [1.165, 1.54) is 0 Å². The van der Waals surface area contributed by atoms with Gasteiger partial charge in [-0.25, -0.2) is 0 Å². The number of hydrogen-bond acceptors (Lipinski definition) is 5. The normalized spacial score (nSPS) is 20.2. The predicted molar refractivity (Wildman–Crippen MR) is 166 cm³/mol. The maximum absolute atomic E-state index is 14.0. The maximum Gasteiger partial charge on any atom is 0.175 e. The molecule has 7 heteroatoms. The summed E-state index contributed by atoms with van der Waals surface area (Å²) in [6, 6.07) is 11.5. The van der Waals surface area contributed by atoms with Gasteiger partial charge in [-0.05, 0) is 81.4 Å². The molecular weight excluding hydrogens is 602 g/mol. The summed E-state index contributed by atoms with van der Waals surface area (Å²) in [6.07, 6.45) is 3.46. The molecule has 0 aromatic heterocycles. The number of ketones is 2. The zero-order chi connectivity index (χ0) is 29.7. The van der Waals surface area contributed by atoms with Crippen LogP contribution in [-0.2, 0) is 16.2 Å². The molecule has 0 saturated heterocycles. The average Bonchev–Trinajstić information content (AvgIpc) is 2.88. The van der Waals surface area contributed by atoms with E-state index in [-0.39, 0.29) is 22.4 Å². The van der Waals surface area contributed by atoms with Gasteiger partial charge in [-0.2, -0.15) is 0 Å². The fourth-order valence-electron chi connectivity index (χ4n) is 6.66. The van der Waals surface area contributed by atoms with Crippen molar-refractivity contribution < 1.29 is 19.1 Å². The van der Waals surface area contributed by atoms with Gasteiger partial charge in [0.25, 0.3) is 0 Å². The van der Waals surface area contributed by atoms with E-state index in [2.05, 4.69) is 55.4 Å². The van der Waals surface area contributed by atoms with Crippen LogP contribution in [0.3, 0.4) is 0 Å². The number of carbonyl (C=O) groups is 2. The quantitative estimate of drug-likeness (QED) is 0.303. The van der Waals surface area contributed by atoms with Gasteiger partial charge in [0.1, 0.15) is 6.61 Å². The van der Waals surface area contributed by atoms with Crippen LogP contribution in [-0.4, -0.2) is 30.1 Å². The minimum absolute atomic E-state index is 0.129. The van der Waals surface area contributed by atoms with Gasteiger partial charge in [-0.1, -0.05) is 58.4 Å². The minimum Gasteiger partial charge on any atom is -0.493 e. The summed E-state index contributed by atoms with van der Waals surface area (Å²) >= 11 is 9.77. The van der Waals surface area contributed by atoms with Gasteiger partial charge in [0.2, 0.25) is 0 Å². The van der Waals surface area contributed by atoms with Crippen molar-refractivity contribution in [3.8, 4) is 11.5 Å². The maximum atomic E-state index is 14.0. The summed E-state index contributed by atoms with van der Waals surface area (Å²) in [6.45, 7) is 12.0. The zero-order valence-electron chi connectivity index (χ0n) is 24.8. The summed E-state index contributed by atoms with van der Waals surface area (Å²) in [7, 11) is 1.61. The molecule has 0 atom stereocenters. The van der Waals surface area contributed by atoms with E-state index < -0.39 is 5.92 Å². The van der Waals surface area contributed by atoms with Crippen molar-refractivity contribution >= 4 is 39.1 Å². The highest BCUT2D eigenvalue weighted by Crippen LogP contribution is 2.55. The first-order valence-corrected chi connectivity index (χ1v) is 15.6. The van der Waals surface area contributed by atoms with Crippen LogP contribution in [0.5, 0.6) is 11.5 Å². The minimum atomic E-state index is -0.434. The Morgan fingerprint density at radius 3 is 2.00 bits per heavy atom. The Kier molecular flexibility index (Phi) is 8.21. The Morgan fingerprint density at radius 2 is 1.49 bits per heavy atom. The molecule has 1 aliphatic heterocycles. The first-order valence-electron chi connectivity index (χ1n) is 14.4. The van der Waals surface area contributed by atoms with E-state index in [1.807, 2.05) is 36.4 Å². The number of halogens is 2. The summed E-state index contributed by atoms with van der Waals surface area (Å²) in [5, 5.41) is 0.672. The number of nitrogens with zero attached hydrogens (tertiary/aromatic N) is 1. The number of carbonyl (C=O) groups excluding carboxylic acids is 2. The number of Topliss-reactive ketones (excluding diaryl/α,β-unsaturated/α-hetero) is 2. The topological polar surface area (TPSA) is 55.8 Å². The first kappa shape index (κ1) is 29.9. The zero-order valence-corrected chi connectivity index (χ0v) is 27.2. The van der Waals surface area contributed by atoms with Gasteiger partial charge < -0.3 is 14.4 Å². The SMILES string of the molecule is CCCN1C2=C(C(=O)CC(C)(C)C2)C(c2cc(Br)c(OCc3ccc(Cl)cc3)c(OC)c2)C2=C1CC(C)(C)CC2=O. The third-order valence-electron chi connectivity index (χ3n) is 8.35. The molecule has 0 N–H and O–H groups in total. The first-order chi connectivity index (χ1) is 19.3. The lowest BCUT2D eigenvalue weighted by atomic mass is 9.63. The van der Waals surface area contributed by atoms with E-state index >= 15 is 0 Å². The van der Waals surface area contributed by atoms with Crippen molar-refractivity contribution in [1.82, 2.24) is 4.90 Å². The van der Waals surface area contributed by atoms with E-state index in [0.29, 0.717) is 40.4 Å². The van der Waals surface area contributed by atoms with Crippen LogP contribution in [0.1, 0.15) is 83.8 Å². The van der Waals surface area contributed by atoms with E-state index in [0.717, 1.165) is 59.5 Å². The van der Waals surface area contributed by atoms with Gasteiger partial charge in [-0.3, -0.25) is 9.59 Å². The van der Waals surface area contributed by atoms with Crippen molar-refractivity contribution in [2.24, 2.45) is 10.8 Å². The number of ether oxygens (including phenoxy) is 2. The second-order valence-electron chi connectivity index (χ2n) is 13.1. The van der Waals surface area contributed by atoms with E-state index in [9.17, 15) is 9.59 Å². The Hall–Kier alpha value is -2.57. The molecule has 41 heavy (non-hydrogen) atoms. The number of hydrogen-bond donors (Lipinski definition) is 0. The summed E-state index contributed by atoms with van der Waals surface area (Å²) in [5.41, 5.74) is 5.27. The van der Waals surface area contributed by atoms with Crippen molar-refractivity contribution in [2.75, 3.05) is 13.7 Å². The lowest BCUT2D eigenvalue weighted by Crippen LogP contribution is -2.44. The highest BCUT2D eigenvalue weighted by atomic mass is 79.9. The van der Waals surface area contributed by atoms with Crippen LogP contribution in [0, 0.1) is 10.8 Å². The molecule has 2 aromatic rings. The fraction of sp³-hybridized carbons (Fsp3) is 0.471. The number of allylic oxidation sites excluding steroid dienone is 4. The Bertz CT molecular complexity index is 1400. The Labute approximate surface area is 257 Å². The molecule has 5 nitrogen and oxygen atoms in total.